The van der Waals surface area contributed by atoms with Crippen LogP contribution in [-0.4, -0.2) is 47.2 Å². The van der Waals surface area contributed by atoms with Crippen molar-refractivity contribution in [3.05, 3.63) is 71.5 Å². The minimum Gasteiger partial charge on any atom is -0.483 e. The van der Waals surface area contributed by atoms with Crippen LogP contribution >= 0.6 is 0 Å². The maximum atomic E-state index is 6.85. The van der Waals surface area contributed by atoms with Gasteiger partial charge in [0.25, 0.3) is 0 Å². The Hall–Kier alpha value is -3.45. The Balaban J connectivity index is 1.60. The molecule has 1 N–H and O–H groups in total. The fourth-order valence-corrected chi connectivity index (χ4v) is 4.94. The SMILES string of the molecule is Cc1nnc(N(C)C)c2nn(-c3ccccc3OC(c3ccccc3)C3CCNCC3)c(C)c12. The molecule has 1 aliphatic heterocycles. The first kappa shape index (κ1) is 22.3. The number of rotatable bonds is 6. The maximum Gasteiger partial charge on any atom is 0.179 e. The summed E-state index contributed by atoms with van der Waals surface area (Å²) >= 11 is 0. The number of piperidine rings is 1. The molecule has 0 spiro atoms. The largest absolute Gasteiger partial charge is 0.483 e. The van der Waals surface area contributed by atoms with Crippen LogP contribution in [-0.2, 0) is 0 Å². The highest BCUT2D eigenvalue weighted by Crippen LogP contribution is 2.37. The average molecular weight is 457 g/mol. The number of aromatic nitrogens is 4. The van der Waals surface area contributed by atoms with Crippen molar-refractivity contribution < 1.29 is 4.74 Å². The van der Waals surface area contributed by atoms with Gasteiger partial charge in [0.05, 0.1) is 16.8 Å². The van der Waals surface area contributed by atoms with Crippen molar-refractivity contribution in [1.29, 1.82) is 0 Å². The molecule has 2 aromatic carbocycles. The molecule has 0 aliphatic carbocycles. The molecule has 7 nitrogen and oxygen atoms in total. The average Bonchev–Trinajstić information content (AvgIpc) is 3.21. The number of para-hydroxylation sites is 2. The van der Waals surface area contributed by atoms with Gasteiger partial charge in [-0.3, -0.25) is 0 Å². The van der Waals surface area contributed by atoms with Gasteiger partial charge in [0.15, 0.2) is 5.82 Å². The van der Waals surface area contributed by atoms with Crippen LogP contribution in [0, 0.1) is 19.8 Å². The van der Waals surface area contributed by atoms with Gasteiger partial charge in [-0.1, -0.05) is 42.5 Å². The van der Waals surface area contributed by atoms with Crippen LogP contribution in [0.1, 0.15) is 35.9 Å². The molecule has 1 fully saturated rings. The Labute approximate surface area is 200 Å². The maximum absolute atomic E-state index is 6.85. The van der Waals surface area contributed by atoms with Crippen molar-refractivity contribution in [3.63, 3.8) is 0 Å². The first-order valence-corrected chi connectivity index (χ1v) is 12.0. The molecule has 1 atom stereocenters. The number of anilines is 1. The number of aryl methyl sites for hydroxylation is 2. The van der Waals surface area contributed by atoms with E-state index in [9.17, 15) is 0 Å². The number of nitrogens with one attached hydrogen (secondary N) is 1. The molecule has 34 heavy (non-hydrogen) atoms. The summed E-state index contributed by atoms with van der Waals surface area (Å²) in [6.45, 7) is 6.12. The Morgan fingerprint density at radius 2 is 1.68 bits per heavy atom. The van der Waals surface area contributed by atoms with Crippen LogP contribution in [0.2, 0.25) is 0 Å². The van der Waals surface area contributed by atoms with Gasteiger partial charge in [0.2, 0.25) is 0 Å². The fraction of sp³-hybridized carbons (Fsp3) is 0.370. The van der Waals surface area contributed by atoms with E-state index in [4.69, 9.17) is 9.84 Å². The molecule has 0 saturated carbocycles. The van der Waals surface area contributed by atoms with Gasteiger partial charge < -0.3 is 15.0 Å². The summed E-state index contributed by atoms with van der Waals surface area (Å²) in [5, 5.41) is 18.3. The Morgan fingerprint density at radius 1 is 0.971 bits per heavy atom. The van der Waals surface area contributed by atoms with Gasteiger partial charge in [-0.15, -0.1) is 5.10 Å². The molecule has 7 heteroatoms. The summed E-state index contributed by atoms with van der Waals surface area (Å²) in [7, 11) is 3.93. The minimum atomic E-state index is -0.0165. The summed E-state index contributed by atoms with van der Waals surface area (Å²) in [5.74, 6) is 2.04. The van der Waals surface area contributed by atoms with Crippen LogP contribution in [0.3, 0.4) is 0 Å². The molecule has 3 heterocycles. The van der Waals surface area contributed by atoms with E-state index in [1.165, 1.54) is 5.56 Å². The van der Waals surface area contributed by atoms with Crippen molar-refractivity contribution in [1.82, 2.24) is 25.3 Å². The highest BCUT2D eigenvalue weighted by molar-refractivity contribution is 5.92. The lowest BCUT2D eigenvalue weighted by Gasteiger charge is -2.32. The molecule has 5 rings (SSSR count). The molecular weight excluding hydrogens is 424 g/mol. The summed E-state index contributed by atoms with van der Waals surface area (Å²) in [4.78, 5) is 1.95. The second kappa shape index (κ2) is 9.43. The smallest absolute Gasteiger partial charge is 0.179 e. The molecule has 0 radical (unpaired) electrons. The molecule has 0 amide bonds. The third-order valence-electron chi connectivity index (χ3n) is 6.70. The van der Waals surface area contributed by atoms with E-state index in [2.05, 4.69) is 58.8 Å². The molecule has 1 aliphatic rings. The van der Waals surface area contributed by atoms with E-state index in [0.717, 1.165) is 65.5 Å². The summed E-state index contributed by atoms with van der Waals surface area (Å²) in [6, 6.07) is 18.8. The third-order valence-corrected chi connectivity index (χ3v) is 6.70. The molecule has 1 saturated heterocycles. The van der Waals surface area contributed by atoms with E-state index >= 15 is 0 Å². The normalized spacial score (nSPS) is 15.4. The number of benzene rings is 2. The topological polar surface area (TPSA) is 68.1 Å². The monoisotopic (exact) mass is 456 g/mol. The zero-order valence-electron chi connectivity index (χ0n) is 20.3. The van der Waals surface area contributed by atoms with E-state index in [1.54, 1.807) is 0 Å². The quantitative estimate of drug-likeness (QED) is 0.457. The highest BCUT2D eigenvalue weighted by Gasteiger charge is 2.28. The molecular formula is C27H32N6O. The van der Waals surface area contributed by atoms with Gasteiger partial charge in [-0.2, -0.15) is 10.2 Å². The van der Waals surface area contributed by atoms with Crippen LogP contribution < -0.4 is 15.0 Å². The van der Waals surface area contributed by atoms with Crippen molar-refractivity contribution in [2.45, 2.75) is 32.8 Å². The van der Waals surface area contributed by atoms with Crippen molar-refractivity contribution in [2.75, 3.05) is 32.1 Å². The first-order chi connectivity index (χ1) is 16.5. The van der Waals surface area contributed by atoms with Crippen LogP contribution in [0.5, 0.6) is 5.75 Å². The summed E-state index contributed by atoms with van der Waals surface area (Å²) in [6.07, 6.45) is 2.17. The van der Waals surface area contributed by atoms with Crippen molar-refractivity contribution >= 4 is 16.7 Å². The molecule has 2 aromatic heterocycles. The predicted octanol–water partition coefficient (Wildman–Crippen LogP) is 4.62. The predicted molar refractivity (Wildman–Crippen MR) is 136 cm³/mol. The van der Waals surface area contributed by atoms with Crippen molar-refractivity contribution in [2.24, 2.45) is 5.92 Å². The Morgan fingerprint density at radius 3 is 2.41 bits per heavy atom. The van der Waals surface area contributed by atoms with Crippen LogP contribution in [0.25, 0.3) is 16.6 Å². The lowest BCUT2D eigenvalue weighted by Crippen LogP contribution is -2.32. The number of fused-ring (bicyclic) bond motifs is 1. The highest BCUT2D eigenvalue weighted by atomic mass is 16.5. The van der Waals surface area contributed by atoms with Gasteiger partial charge in [0.1, 0.15) is 23.1 Å². The number of hydrogen-bond donors (Lipinski definition) is 1. The van der Waals surface area contributed by atoms with E-state index < -0.39 is 0 Å². The lowest BCUT2D eigenvalue weighted by molar-refractivity contribution is 0.112. The van der Waals surface area contributed by atoms with Crippen LogP contribution in [0.15, 0.2) is 54.6 Å². The zero-order chi connectivity index (χ0) is 23.7. The second-order valence-electron chi connectivity index (χ2n) is 9.23. The second-order valence-corrected chi connectivity index (χ2v) is 9.23. The fourth-order valence-electron chi connectivity index (χ4n) is 4.94. The standard InChI is InChI=1S/C27H32N6O/c1-18-24-19(2)33(31-25(24)27(30-29-18)32(3)4)22-12-8-9-13-23(22)34-26(20-10-6-5-7-11-20)21-14-16-28-17-15-21/h5-13,21,26,28H,14-17H2,1-4H3. The minimum absolute atomic E-state index is 0.0165. The van der Waals surface area contributed by atoms with Gasteiger partial charge >= 0.3 is 0 Å². The number of nitrogens with zero attached hydrogens (tertiary/aromatic N) is 5. The number of ether oxygens (including phenoxy) is 1. The van der Waals surface area contributed by atoms with E-state index in [1.807, 2.05) is 48.8 Å². The Bertz CT molecular complexity index is 1280. The molecule has 4 aromatic rings. The van der Waals surface area contributed by atoms with E-state index in [-0.39, 0.29) is 6.10 Å². The first-order valence-electron chi connectivity index (χ1n) is 12.0. The lowest BCUT2D eigenvalue weighted by atomic mass is 9.88. The van der Waals surface area contributed by atoms with Gasteiger partial charge in [-0.05, 0) is 57.5 Å². The third kappa shape index (κ3) is 4.12. The van der Waals surface area contributed by atoms with Gasteiger partial charge in [0, 0.05) is 20.0 Å². The molecule has 0 bridgehead atoms. The summed E-state index contributed by atoms with van der Waals surface area (Å²) in [5.41, 5.74) is 4.89. The Kier molecular flexibility index (Phi) is 6.20. The summed E-state index contributed by atoms with van der Waals surface area (Å²) < 4.78 is 8.83. The van der Waals surface area contributed by atoms with Crippen LogP contribution in [0.4, 0.5) is 5.82 Å². The van der Waals surface area contributed by atoms with Crippen molar-refractivity contribution in [3.8, 4) is 11.4 Å². The van der Waals surface area contributed by atoms with Gasteiger partial charge in [-0.25, -0.2) is 4.68 Å². The number of hydrogen-bond acceptors (Lipinski definition) is 6. The zero-order valence-corrected chi connectivity index (χ0v) is 20.3. The molecule has 1 unspecified atom stereocenters. The molecule has 176 valence electrons. The van der Waals surface area contributed by atoms with E-state index in [0.29, 0.717) is 5.92 Å².